The van der Waals surface area contributed by atoms with Crippen LogP contribution >= 0.6 is 22.9 Å². The molecule has 1 atom stereocenters. The fourth-order valence-corrected chi connectivity index (χ4v) is 3.77. The number of amides is 2. The first-order valence-corrected chi connectivity index (χ1v) is 7.99. The monoisotopic (exact) mass is 337 g/mol. The Balaban J connectivity index is 1.79. The summed E-state index contributed by atoms with van der Waals surface area (Å²) >= 11 is 7.21. The Kier molecular flexibility index (Phi) is 4.26. The summed E-state index contributed by atoms with van der Waals surface area (Å²) < 4.78 is 0. The van der Waals surface area contributed by atoms with Crippen LogP contribution in [0, 0.1) is 0 Å². The molecular formula is C15H14ClN2O3S+. The summed E-state index contributed by atoms with van der Waals surface area (Å²) in [6.07, 6.45) is 0.743. The number of hydroxylamine groups is 1. The Hall–Kier alpha value is -1.73. The molecule has 0 aliphatic carbocycles. The zero-order valence-electron chi connectivity index (χ0n) is 11.6. The lowest BCUT2D eigenvalue weighted by molar-refractivity contribution is -0.831. The van der Waals surface area contributed by atoms with Crippen LogP contribution in [0.15, 0.2) is 30.3 Å². The smallest absolute Gasteiger partial charge is 0.288 e. The van der Waals surface area contributed by atoms with E-state index in [4.69, 9.17) is 16.8 Å². The lowest BCUT2D eigenvalue weighted by atomic mass is 10.1. The average molecular weight is 338 g/mol. The maximum atomic E-state index is 12.5. The number of thiophene rings is 1. The standard InChI is InChI=1S/C15H13ClN2O3S/c16-11-3-1-9(2-4-11)15(20)18-6-5-12-10(8-18)7-13(22-12)14(19)17-21/h1-4,7,21H,5-6,8H2,(H,17,19)/p+1. The molecule has 1 aromatic heterocycles. The van der Waals surface area contributed by atoms with E-state index < -0.39 is 5.91 Å². The van der Waals surface area contributed by atoms with Crippen LogP contribution in [0.1, 0.15) is 30.5 Å². The molecule has 0 spiro atoms. The summed E-state index contributed by atoms with van der Waals surface area (Å²) in [6, 6.07) is 8.62. The number of carbonyl (C=O) groups excluding carboxylic acids is 2. The molecule has 5 nitrogen and oxygen atoms in total. The number of hydrogen-bond donors (Lipinski definition) is 3. The van der Waals surface area contributed by atoms with Crippen molar-refractivity contribution in [2.75, 3.05) is 6.54 Å². The van der Waals surface area contributed by atoms with E-state index in [9.17, 15) is 9.59 Å². The first-order chi connectivity index (χ1) is 10.6. The Morgan fingerprint density at radius 2 is 2.00 bits per heavy atom. The third-order valence-electron chi connectivity index (χ3n) is 3.71. The van der Waals surface area contributed by atoms with Crippen LogP contribution in [0.4, 0.5) is 0 Å². The molecule has 1 aliphatic heterocycles. The number of rotatable bonds is 2. The van der Waals surface area contributed by atoms with Crippen LogP contribution in [0.3, 0.4) is 0 Å². The predicted octanol–water partition coefficient (Wildman–Crippen LogP) is 1.30. The molecular weight excluding hydrogens is 324 g/mol. The molecule has 114 valence electrons. The zero-order valence-corrected chi connectivity index (χ0v) is 13.1. The molecule has 1 aromatic carbocycles. The van der Waals surface area contributed by atoms with Gasteiger partial charge in [0.15, 0.2) is 0 Å². The van der Waals surface area contributed by atoms with E-state index in [0.717, 1.165) is 21.8 Å². The second kappa shape index (κ2) is 6.18. The first-order valence-electron chi connectivity index (χ1n) is 6.79. The molecule has 0 saturated carbocycles. The van der Waals surface area contributed by atoms with Crippen molar-refractivity contribution in [3.8, 4) is 0 Å². The van der Waals surface area contributed by atoms with Gasteiger partial charge in [0.2, 0.25) is 0 Å². The summed E-state index contributed by atoms with van der Waals surface area (Å²) in [5.74, 6) is -0.480. The van der Waals surface area contributed by atoms with Crippen LogP contribution in [-0.2, 0) is 13.0 Å². The fourth-order valence-electron chi connectivity index (χ4n) is 2.58. The third kappa shape index (κ3) is 2.91. The van der Waals surface area contributed by atoms with Gasteiger partial charge < -0.3 is 0 Å². The topological polar surface area (TPSA) is 70.8 Å². The van der Waals surface area contributed by atoms with Crippen molar-refractivity contribution in [2.24, 2.45) is 0 Å². The second-order valence-electron chi connectivity index (χ2n) is 5.12. The van der Waals surface area contributed by atoms with Gasteiger partial charge in [-0.2, -0.15) is 0 Å². The summed E-state index contributed by atoms with van der Waals surface area (Å²) in [6.45, 7) is 1.24. The lowest BCUT2D eigenvalue weighted by Crippen LogP contribution is -3.14. The number of carbonyl (C=O) groups is 2. The van der Waals surface area contributed by atoms with Gasteiger partial charge in [0.05, 0.1) is 17.0 Å². The minimum absolute atomic E-state index is 0.0293. The van der Waals surface area contributed by atoms with E-state index in [1.807, 2.05) is 0 Å². The quantitative estimate of drug-likeness (QED) is 0.571. The molecule has 2 heterocycles. The van der Waals surface area contributed by atoms with E-state index in [1.165, 1.54) is 11.3 Å². The van der Waals surface area contributed by atoms with Gasteiger partial charge in [0.25, 0.3) is 5.91 Å². The van der Waals surface area contributed by atoms with Gasteiger partial charge in [0, 0.05) is 21.9 Å². The number of fused-ring (bicyclic) bond motifs is 1. The van der Waals surface area contributed by atoms with Gasteiger partial charge in [-0.1, -0.05) is 11.6 Å². The van der Waals surface area contributed by atoms with E-state index in [-0.39, 0.29) is 5.91 Å². The Bertz CT molecular complexity index is 727. The van der Waals surface area contributed by atoms with Gasteiger partial charge in [-0.3, -0.25) is 14.9 Å². The van der Waals surface area contributed by atoms with Gasteiger partial charge >= 0.3 is 5.91 Å². The minimum atomic E-state index is -0.509. The highest BCUT2D eigenvalue weighted by molar-refractivity contribution is 7.14. The summed E-state index contributed by atoms with van der Waals surface area (Å²) in [5.41, 5.74) is 3.26. The molecule has 1 aliphatic rings. The van der Waals surface area contributed by atoms with Crippen molar-refractivity contribution in [2.45, 2.75) is 13.0 Å². The number of hydrogen-bond acceptors (Lipinski definition) is 4. The zero-order chi connectivity index (χ0) is 15.7. The molecule has 0 saturated heterocycles. The lowest BCUT2D eigenvalue weighted by Gasteiger charge is -2.21. The highest BCUT2D eigenvalue weighted by Gasteiger charge is 2.29. The Morgan fingerprint density at radius 3 is 2.68 bits per heavy atom. The molecule has 22 heavy (non-hydrogen) atoms. The number of benzene rings is 1. The van der Waals surface area contributed by atoms with Crippen molar-refractivity contribution in [3.63, 3.8) is 0 Å². The van der Waals surface area contributed by atoms with E-state index in [1.54, 1.807) is 35.8 Å². The predicted molar refractivity (Wildman–Crippen MR) is 82.6 cm³/mol. The fraction of sp³-hybridized carbons (Fsp3) is 0.200. The van der Waals surface area contributed by atoms with Crippen LogP contribution in [0.2, 0.25) is 5.02 Å². The highest BCUT2D eigenvalue weighted by Crippen LogP contribution is 2.24. The Morgan fingerprint density at radius 1 is 1.27 bits per heavy atom. The first kappa shape index (κ1) is 15.2. The van der Waals surface area contributed by atoms with Gasteiger partial charge in [-0.25, -0.2) is 10.3 Å². The molecule has 3 rings (SSSR count). The molecule has 7 heteroatoms. The number of quaternary nitrogens is 1. The normalized spacial score (nSPS) is 16.9. The largest absolute Gasteiger partial charge is 0.344 e. The van der Waals surface area contributed by atoms with Crippen molar-refractivity contribution in [1.29, 1.82) is 0 Å². The molecule has 0 radical (unpaired) electrons. The van der Waals surface area contributed by atoms with Crippen LogP contribution < -0.4 is 10.4 Å². The van der Waals surface area contributed by atoms with Crippen LogP contribution in [0.25, 0.3) is 0 Å². The van der Waals surface area contributed by atoms with Crippen molar-refractivity contribution in [1.82, 2.24) is 5.48 Å². The Labute approximate surface area is 136 Å². The summed E-state index contributed by atoms with van der Waals surface area (Å²) in [7, 11) is 0. The van der Waals surface area contributed by atoms with Gasteiger partial charge in [-0.05, 0) is 30.3 Å². The molecule has 3 N–H and O–H groups in total. The summed E-state index contributed by atoms with van der Waals surface area (Å²) in [4.78, 5) is 26.4. The minimum Gasteiger partial charge on any atom is -0.288 e. The van der Waals surface area contributed by atoms with E-state index >= 15 is 0 Å². The third-order valence-corrected chi connectivity index (χ3v) is 5.20. The van der Waals surface area contributed by atoms with Crippen LogP contribution in [0.5, 0.6) is 0 Å². The van der Waals surface area contributed by atoms with Gasteiger partial charge in [0.1, 0.15) is 6.54 Å². The highest BCUT2D eigenvalue weighted by atomic mass is 35.5. The summed E-state index contributed by atoms with van der Waals surface area (Å²) in [5, 5.41) is 9.30. The van der Waals surface area contributed by atoms with Crippen molar-refractivity contribution in [3.05, 3.63) is 56.2 Å². The van der Waals surface area contributed by atoms with Crippen molar-refractivity contribution >= 4 is 34.8 Å². The van der Waals surface area contributed by atoms with E-state index in [0.29, 0.717) is 28.6 Å². The molecule has 0 bridgehead atoms. The average Bonchev–Trinajstić information content (AvgIpc) is 2.97. The second-order valence-corrected chi connectivity index (χ2v) is 6.69. The molecule has 2 aromatic rings. The SMILES string of the molecule is O=C(NO)c1cc2c(s1)CC[NH+](C(=O)c1ccc(Cl)cc1)C2. The molecule has 0 fully saturated rings. The number of halogens is 1. The van der Waals surface area contributed by atoms with E-state index in [2.05, 4.69) is 0 Å². The van der Waals surface area contributed by atoms with Gasteiger partial charge in [-0.15, -0.1) is 11.3 Å². The maximum absolute atomic E-state index is 12.5. The van der Waals surface area contributed by atoms with Crippen LogP contribution in [-0.4, -0.2) is 23.6 Å². The maximum Gasteiger partial charge on any atom is 0.344 e. The number of nitrogens with one attached hydrogen (secondary N) is 2. The molecule has 2 amide bonds. The van der Waals surface area contributed by atoms with Crippen molar-refractivity contribution < 1.29 is 19.7 Å². The molecule has 1 unspecified atom stereocenters.